The molecule has 0 aliphatic heterocycles. The van der Waals surface area contributed by atoms with Crippen LogP contribution in [0, 0.1) is 11.8 Å². The highest BCUT2D eigenvalue weighted by Crippen LogP contribution is 2.21. The first-order chi connectivity index (χ1) is 17.2. The summed E-state index contributed by atoms with van der Waals surface area (Å²) in [5, 5.41) is 12.5. The average Bonchev–Trinajstić information content (AvgIpc) is 2.86. The van der Waals surface area contributed by atoms with Gasteiger partial charge in [-0.2, -0.15) is 8.78 Å². The molecule has 1 atom stereocenters. The molecule has 2 N–H and O–H groups in total. The number of aliphatic hydroxyl groups excluding tert-OH is 1. The van der Waals surface area contributed by atoms with Crippen LogP contribution in [0.4, 0.5) is 14.5 Å². The summed E-state index contributed by atoms with van der Waals surface area (Å²) in [5.41, 5.74) is 2.59. The van der Waals surface area contributed by atoms with Crippen molar-refractivity contribution in [3.05, 3.63) is 89.5 Å². The molecule has 0 fully saturated rings. The van der Waals surface area contributed by atoms with Gasteiger partial charge in [-0.15, -0.1) is 0 Å². The van der Waals surface area contributed by atoms with Gasteiger partial charge in [0.05, 0.1) is 23.2 Å². The van der Waals surface area contributed by atoms with E-state index in [1.54, 1.807) is 43.3 Å². The fourth-order valence-electron chi connectivity index (χ4n) is 3.32. The van der Waals surface area contributed by atoms with Crippen molar-refractivity contribution in [3.63, 3.8) is 0 Å². The Bertz CT molecular complexity index is 1330. The van der Waals surface area contributed by atoms with Crippen LogP contribution in [0.5, 0.6) is 5.75 Å². The molecule has 0 radical (unpaired) electrons. The van der Waals surface area contributed by atoms with Crippen LogP contribution in [0.25, 0.3) is 0 Å². The molecule has 9 heteroatoms. The minimum atomic E-state index is -3.35. The van der Waals surface area contributed by atoms with Crippen molar-refractivity contribution in [2.75, 3.05) is 17.7 Å². The lowest BCUT2D eigenvalue weighted by Crippen LogP contribution is -2.24. The number of benzene rings is 3. The fraction of sp³-hybridized carbons (Fsp3) is 0.222. The smallest absolute Gasteiger partial charge is 0.387 e. The molecule has 1 amide bonds. The SMILES string of the molecule is CCS(=O)(=O)c1ccc(C(CO)C(=O)Nc2ccc(C#CCc3ccc(OC(F)F)cc3)cc2)cc1. The number of hydrogen-bond donors (Lipinski definition) is 2. The summed E-state index contributed by atoms with van der Waals surface area (Å²) < 4.78 is 52.7. The minimum absolute atomic E-state index is 0.0251. The predicted molar refractivity (Wildman–Crippen MR) is 133 cm³/mol. The van der Waals surface area contributed by atoms with Gasteiger partial charge in [0.1, 0.15) is 5.75 Å². The van der Waals surface area contributed by atoms with Crippen LogP contribution >= 0.6 is 0 Å². The molecule has 0 aromatic heterocycles. The highest BCUT2D eigenvalue weighted by molar-refractivity contribution is 7.91. The summed E-state index contributed by atoms with van der Waals surface area (Å²) in [6, 6.07) is 19.0. The number of sulfone groups is 1. The molecule has 6 nitrogen and oxygen atoms in total. The van der Waals surface area contributed by atoms with E-state index in [1.807, 2.05) is 0 Å². The summed E-state index contributed by atoms with van der Waals surface area (Å²) in [4.78, 5) is 12.9. The topological polar surface area (TPSA) is 92.7 Å². The third kappa shape index (κ3) is 7.38. The van der Waals surface area contributed by atoms with Crippen LogP contribution in [0.15, 0.2) is 77.7 Å². The van der Waals surface area contributed by atoms with E-state index < -0.39 is 34.9 Å². The molecular formula is C27H25F2NO5S. The van der Waals surface area contributed by atoms with Crippen LogP contribution in [0.1, 0.15) is 29.5 Å². The molecule has 0 heterocycles. The number of carbonyl (C=O) groups excluding carboxylic acids is 1. The molecule has 0 spiro atoms. The van der Waals surface area contributed by atoms with E-state index >= 15 is 0 Å². The molecule has 3 aromatic carbocycles. The second kappa shape index (κ2) is 12.3. The first-order valence-corrected chi connectivity index (χ1v) is 12.7. The zero-order valence-corrected chi connectivity index (χ0v) is 20.3. The van der Waals surface area contributed by atoms with Gasteiger partial charge in [-0.3, -0.25) is 4.79 Å². The Morgan fingerprint density at radius 1 is 1.00 bits per heavy atom. The Kier molecular flexibility index (Phi) is 9.17. The molecule has 1 unspecified atom stereocenters. The van der Waals surface area contributed by atoms with Gasteiger partial charge in [0, 0.05) is 17.7 Å². The summed E-state index contributed by atoms with van der Waals surface area (Å²) in [6.07, 6.45) is 0.421. The monoisotopic (exact) mass is 513 g/mol. The van der Waals surface area contributed by atoms with Crippen molar-refractivity contribution in [3.8, 4) is 17.6 Å². The predicted octanol–water partition coefficient (Wildman–Crippen LogP) is 4.39. The molecule has 3 rings (SSSR count). The summed E-state index contributed by atoms with van der Waals surface area (Å²) >= 11 is 0. The summed E-state index contributed by atoms with van der Waals surface area (Å²) in [7, 11) is -3.35. The zero-order valence-electron chi connectivity index (χ0n) is 19.4. The first kappa shape index (κ1) is 26.9. The van der Waals surface area contributed by atoms with Crippen molar-refractivity contribution < 1.29 is 31.8 Å². The number of amides is 1. The van der Waals surface area contributed by atoms with Gasteiger partial charge >= 0.3 is 6.61 Å². The van der Waals surface area contributed by atoms with Gasteiger partial charge in [-0.1, -0.05) is 43.0 Å². The molecule has 0 saturated carbocycles. The lowest BCUT2D eigenvalue weighted by molar-refractivity contribution is -0.118. The van der Waals surface area contributed by atoms with E-state index in [2.05, 4.69) is 21.9 Å². The van der Waals surface area contributed by atoms with E-state index in [0.717, 1.165) is 11.1 Å². The summed E-state index contributed by atoms with van der Waals surface area (Å²) in [6.45, 7) is -1.75. The third-order valence-corrected chi connectivity index (χ3v) is 7.10. The van der Waals surface area contributed by atoms with Gasteiger partial charge in [0.25, 0.3) is 0 Å². The van der Waals surface area contributed by atoms with E-state index in [9.17, 15) is 27.1 Å². The van der Waals surface area contributed by atoms with Gasteiger partial charge < -0.3 is 15.2 Å². The Morgan fingerprint density at radius 2 is 1.64 bits per heavy atom. The Balaban J connectivity index is 1.59. The molecular weight excluding hydrogens is 488 g/mol. The number of aliphatic hydroxyl groups is 1. The maximum absolute atomic E-state index is 12.7. The highest BCUT2D eigenvalue weighted by Gasteiger charge is 2.21. The number of ether oxygens (including phenoxy) is 1. The average molecular weight is 514 g/mol. The van der Waals surface area contributed by atoms with Crippen molar-refractivity contribution in [1.29, 1.82) is 0 Å². The number of halogens is 2. The molecule has 0 aliphatic rings. The fourth-order valence-corrected chi connectivity index (χ4v) is 4.20. The number of alkyl halides is 2. The minimum Gasteiger partial charge on any atom is -0.435 e. The van der Waals surface area contributed by atoms with Gasteiger partial charge in [0.15, 0.2) is 9.84 Å². The normalized spacial score (nSPS) is 11.9. The molecule has 36 heavy (non-hydrogen) atoms. The lowest BCUT2D eigenvalue weighted by Gasteiger charge is -2.15. The van der Waals surface area contributed by atoms with Crippen LogP contribution in [-0.4, -0.2) is 38.4 Å². The van der Waals surface area contributed by atoms with E-state index in [-0.39, 0.29) is 16.4 Å². The number of rotatable bonds is 9. The molecule has 0 aliphatic carbocycles. The molecule has 188 valence electrons. The Labute approximate surface area is 208 Å². The Morgan fingerprint density at radius 3 is 2.19 bits per heavy atom. The lowest BCUT2D eigenvalue weighted by atomic mass is 9.99. The van der Waals surface area contributed by atoms with Gasteiger partial charge in [-0.05, 0) is 59.7 Å². The van der Waals surface area contributed by atoms with Crippen molar-refractivity contribution >= 4 is 21.4 Å². The van der Waals surface area contributed by atoms with Gasteiger partial charge in [-0.25, -0.2) is 8.42 Å². The highest BCUT2D eigenvalue weighted by atomic mass is 32.2. The van der Waals surface area contributed by atoms with Crippen LogP contribution in [-0.2, 0) is 21.1 Å². The number of nitrogens with one attached hydrogen (secondary N) is 1. The quantitative estimate of drug-likeness (QED) is 0.414. The zero-order chi connectivity index (χ0) is 26.1. The van der Waals surface area contributed by atoms with Crippen LogP contribution in [0.2, 0.25) is 0 Å². The maximum atomic E-state index is 12.7. The van der Waals surface area contributed by atoms with E-state index in [0.29, 0.717) is 17.7 Å². The van der Waals surface area contributed by atoms with Crippen LogP contribution in [0.3, 0.4) is 0 Å². The molecule has 0 bridgehead atoms. The van der Waals surface area contributed by atoms with Crippen molar-refractivity contribution in [2.45, 2.75) is 30.8 Å². The largest absolute Gasteiger partial charge is 0.435 e. The second-order valence-electron chi connectivity index (χ2n) is 7.78. The van der Waals surface area contributed by atoms with Crippen molar-refractivity contribution in [2.24, 2.45) is 0 Å². The standard InChI is InChI=1S/C27H25F2NO5S/c1-2-36(33,34)24-16-10-21(11-17-24)25(18-31)26(32)30-22-12-6-19(7-13-22)4-3-5-20-8-14-23(15-9-20)35-27(28)29/h6-17,25,27,31H,2,5,18H2,1H3,(H,30,32). The number of hydrogen-bond acceptors (Lipinski definition) is 5. The van der Waals surface area contributed by atoms with Crippen LogP contribution < -0.4 is 10.1 Å². The Hall–Kier alpha value is -3.74. The first-order valence-electron chi connectivity index (χ1n) is 11.1. The van der Waals surface area contributed by atoms with E-state index in [4.69, 9.17) is 0 Å². The summed E-state index contributed by atoms with van der Waals surface area (Å²) in [5.74, 6) is 4.78. The molecule has 0 saturated heterocycles. The van der Waals surface area contributed by atoms with Gasteiger partial charge in [0.2, 0.25) is 5.91 Å². The van der Waals surface area contributed by atoms with E-state index in [1.165, 1.54) is 36.4 Å². The number of anilines is 1. The maximum Gasteiger partial charge on any atom is 0.387 e. The molecule has 3 aromatic rings. The number of carbonyl (C=O) groups is 1. The third-order valence-electron chi connectivity index (χ3n) is 5.35. The van der Waals surface area contributed by atoms with Crippen molar-refractivity contribution in [1.82, 2.24) is 0 Å². The second-order valence-corrected chi connectivity index (χ2v) is 10.1.